The van der Waals surface area contributed by atoms with E-state index in [1.54, 1.807) is 6.92 Å². The number of ether oxygens (including phenoxy) is 1. The molecule has 1 heterocycles. The molecular formula is C30H32ClF3N4O6S. The second-order valence-electron chi connectivity index (χ2n) is 10.7. The average Bonchev–Trinajstić information content (AvgIpc) is 2.98. The Kier molecular flexibility index (Phi) is 10.3. The number of hydrogen-bond donors (Lipinski definition) is 3. The summed E-state index contributed by atoms with van der Waals surface area (Å²) in [4.78, 5) is 27.8. The third-order valence-corrected chi connectivity index (χ3v) is 9.44. The normalized spacial score (nSPS) is 18.0. The molecule has 15 heteroatoms. The van der Waals surface area contributed by atoms with Crippen LogP contribution >= 0.6 is 11.6 Å². The Balaban J connectivity index is 1.58. The van der Waals surface area contributed by atoms with Crippen LogP contribution in [0.5, 0.6) is 5.75 Å². The molecule has 3 aromatic carbocycles. The summed E-state index contributed by atoms with van der Waals surface area (Å²) < 4.78 is 72.5. The van der Waals surface area contributed by atoms with Gasteiger partial charge in [-0.3, -0.25) is 4.79 Å². The summed E-state index contributed by atoms with van der Waals surface area (Å²) in [6.45, 7) is 3.20. The van der Waals surface area contributed by atoms with Gasteiger partial charge in [-0.15, -0.1) is 0 Å². The molecule has 1 aliphatic rings. The third-order valence-electron chi connectivity index (χ3n) is 7.35. The summed E-state index contributed by atoms with van der Waals surface area (Å²) in [6.07, 6.45) is -5.24. The molecule has 4 rings (SSSR count). The minimum absolute atomic E-state index is 0.0456. The number of nitrogens with one attached hydrogen (secondary N) is 2. The molecule has 45 heavy (non-hydrogen) atoms. The molecule has 3 atom stereocenters. The van der Waals surface area contributed by atoms with Crippen LogP contribution in [0, 0.1) is 5.92 Å². The minimum Gasteiger partial charge on any atom is -0.488 e. The van der Waals surface area contributed by atoms with Crippen molar-refractivity contribution >= 4 is 44.9 Å². The van der Waals surface area contributed by atoms with Crippen molar-refractivity contribution in [3.63, 3.8) is 0 Å². The predicted molar refractivity (Wildman–Crippen MR) is 163 cm³/mol. The fraction of sp³-hybridized carbons (Fsp3) is 0.333. The van der Waals surface area contributed by atoms with Gasteiger partial charge in [0.05, 0.1) is 35.2 Å². The number of hydrogen-bond acceptors (Lipinski definition) is 6. The lowest BCUT2D eigenvalue weighted by atomic mass is 9.99. The SMILES string of the molecule is C[C@@H]1CN([C@H](C)CO)C(=O)c2cc(NC(=O)Nc3ccc(C(F)(F)F)cc3)ccc2O[C@H]1CN(C)S(=O)(=O)c1ccc(Cl)cc1. The van der Waals surface area contributed by atoms with Gasteiger partial charge in [0.25, 0.3) is 5.91 Å². The number of amides is 3. The zero-order valence-electron chi connectivity index (χ0n) is 24.5. The summed E-state index contributed by atoms with van der Waals surface area (Å²) in [6, 6.07) is 12.6. The van der Waals surface area contributed by atoms with Crippen LogP contribution in [0.4, 0.5) is 29.3 Å². The van der Waals surface area contributed by atoms with Gasteiger partial charge in [-0.25, -0.2) is 13.2 Å². The maximum absolute atomic E-state index is 13.7. The predicted octanol–water partition coefficient (Wildman–Crippen LogP) is 5.54. The van der Waals surface area contributed by atoms with Gasteiger partial charge in [0.15, 0.2) is 0 Å². The van der Waals surface area contributed by atoms with Gasteiger partial charge in [-0.05, 0) is 73.7 Å². The summed E-state index contributed by atoms with van der Waals surface area (Å²) in [5, 5.41) is 15.3. The Labute approximate surface area is 263 Å². The van der Waals surface area contributed by atoms with Crippen LogP contribution in [0.3, 0.4) is 0 Å². The number of urea groups is 1. The Bertz CT molecular complexity index is 1640. The van der Waals surface area contributed by atoms with Crippen molar-refractivity contribution in [3.05, 3.63) is 82.9 Å². The van der Waals surface area contributed by atoms with Gasteiger partial charge in [0.1, 0.15) is 11.9 Å². The molecule has 0 spiro atoms. The van der Waals surface area contributed by atoms with E-state index in [4.69, 9.17) is 16.3 Å². The van der Waals surface area contributed by atoms with E-state index in [9.17, 15) is 36.3 Å². The van der Waals surface area contributed by atoms with Crippen molar-refractivity contribution < 1.29 is 41.0 Å². The highest BCUT2D eigenvalue weighted by atomic mass is 35.5. The molecule has 0 saturated heterocycles. The van der Waals surface area contributed by atoms with Crippen molar-refractivity contribution in [3.8, 4) is 5.75 Å². The fourth-order valence-electron chi connectivity index (χ4n) is 4.69. The van der Waals surface area contributed by atoms with Gasteiger partial charge in [-0.2, -0.15) is 17.5 Å². The van der Waals surface area contributed by atoms with E-state index in [1.165, 1.54) is 54.4 Å². The first kappa shape index (κ1) is 34.0. The lowest BCUT2D eigenvalue weighted by molar-refractivity contribution is -0.137. The van der Waals surface area contributed by atoms with Crippen LogP contribution in [0.25, 0.3) is 0 Å². The topological polar surface area (TPSA) is 128 Å². The maximum atomic E-state index is 13.7. The molecule has 0 bridgehead atoms. The summed E-state index contributed by atoms with van der Waals surface area (Å²) in [5.74, 6) is -0.713. The molecule has 10 nitrogen and oxygen atoms in total. The second-order valence-corrected chi connectivity index (χ2v) is 13.2. The zero-order valence-corrected chi connectivity index (χ0v) is 26.1. The number of aliphatic hydroxyl groups excluding tert-OH is 1. The Morgan fingerprint density at radius 1 is 1.09 bits per heavy atom. The van der Waals surface area contributed by atoms with E-state index >= 15 is 0 Å². The molecule has 0 fully saturated rings. The van der Waals surface area contributed by atoms with Crippen LogP contribution < -0.4 is 15.4 Å². The number of nitrogens with zero attached hydrogens (tertiary/aromatic N) is 2. The fourth-order valence-corrected chi connectivity index (χ4v) is 6.00. The van der Waals surface area contributed by atoms with Gasteiger partial charge in [0.2, 0.25) is 10.0 Å². The molecule has 242 valence electrons. The van der Waals surface area contributed by atoms with Gasteiger partial charge < -0.3 is 25.4 Å². The van der Waals surface area contributed by atoms with Crippen LogP contribution in [-0.4, -0.2) is 73.6 Å². The Morgan fingerprint density at radius 2 is 1.69 bits per heavy atom. The highest BCUT2D eigenvalue weighted by Crippen LogP contribution is 2.32. The molecule has 3 amide bonds. The lowest BCUT2D eigenvalue weighted by Gasteiger charge is -2.38. The number of halogens is 4. The molecule has 3 aromatic rings. The van der Waals surface area contributed by atoms with E-state index in [2.05, 4.69) is 10.6 Å². The van der Waals surface area contributed by atoms with E-state index in [0.717, 1.165) is 28.6 Å². The number of benzene rings is 3. The minimum atomic E-state index is -4.52. The zero-order chi connectivity index (χ0) is 33.1. The average molecular weight is 669 g/mol. The van der Waals surface area contributed by atoms with Crippen molar-refractivity contribution in [2.24, 2.45) is 5.92 Å². The first-order chi connectivity index (χ1) is 21.1. The van der Waals surface area contributed by atoms with E-state index in [-0.39, 0.29) is 53.2 Å². The maximum Gasteiger partial charge on any atom is 0.416 e. The number of carbonyl (C=O) groups is 2. The number of anilines is 2. The van der Waals surface area contributed by atoms with Crippen LogP contribution in [0.2, 0.25) is 5.02 Å². The molecule has 0 aliphatic carbocycles. The van der Waals surface area contributed by atoms with Crippen LogP contribution in [0.15, 0.2) is 71.6 Å². The number of sulfonamides is 1. The third kappa shape index (κ3) is 8.06. The lowest BCUT2D eigenvalue weighted by Crippen LogP contribution is -2.50. The van der Waals surface area contributed by atoms with Crippen molar-refractivity contribution in [1.29, 1.82) is 0 Å². The number of rotatable bonds is 8. The number of fused-ring (bicyclic) bond motifs is 1. The molecule has 0 saturated carbocycles. The van der Waals surface area contributed by atoms with E-state index < -0.39 is 45.8 Å². The number of alkyl halides is 3. The van der Waals surface area contributed by atoms with Crippen molar-refractivity contribution in [1.82, 2.24) is 9.21 Å². The number of aliphatic hydroxyl groups is 1. The molecule has 0 radical (unpaired) electrons. The molecule has 3 N–H and O–H groups in total. The monoisotopic (exact) mass is 668 g/mol. The Hall–Kier alpha value is -3.85. The van der Waals surface area contributed by atoms with Gasteiger partial charge in [0, 0.05) is 35.9 Å². The summed E-state index contributed by atoms with van der Waals surface area (Å²) in [7, 11) is -2.50. The molecule has 0 aromatic heterocycles. The quantitative estimate of drug-likeness (QED) is 0.289. The highest BCUT2D eigenvalue weighted by molar-refractivity contribution is 7.89. The van der Waals surface area contributed by atoms with E-state index in [1.807, 2.05) is 6.92 Å². The van der Waals surface area contributed by atoms with E-state index in [0.29, 0.717) is 5.02 Å². The summed E-state index contributed by atoms with van der Waals surface area (Å²) in [5.41, 5.74) is -0.512. The molecular weight excluding hydrogens is 637 g/mol. The van der Waals surface area contributed by atoms with Crippen molar-refractivity contribution in [2.45, 2.75) is 37.1 Å². The second kappa shape index (κ2) is 13.6. The summed E-state index contributed by atoms with van der Waals surface area (Å²) >= 11 is 5.92. The standard InChI is InChI=1S/C30H32ClF3N4O6S/c1-18-15-38(19(2)17-39)28(40)25-14-23(36-29(41)35-22-8-4-20(5-9-22)30(32,33)34)10-13-26(25)44-27(18)16-37(3)45(42,43)24-11-6-21(31)7-12-24/h4-14,18-19,27,39H,15-17H2,1-3H3,(H2,35,36,41)/t18-,19-,27+/m1/s1. The largest absolute Gasteiger partial charge is 0.488 e. The number of likely N-dealkylation sites (N-methyl/N-ethyl adjacent to an activating group) is 1. The number of carbonyl (C=O) groups excluding carboxylic acids is 2. The first-order valence-electron chi connectivity index (χ1n) is 13.8. The van der Waals surface area contributed by atoms with Gasteiger partial charge >= 0.3 is 12.2 Å². The first-order valence-corrected chi connectivity index (χ1v) is 15.6. The van der Waals surface area contributed by atoms with Gasteiger partial charge in [-0.1, -0.05) is 18.5 Å². The molecule has 1 aliphatic heterocycles. The smallest absolute Gasteiger partial charge is 0.416 e. The highest BCUT2D eigenvalue weighted by Gasteiger charge is 2.35. The van der Waals surface area contributed by atoms with Crippen LogP contribution in [0.1, 0.15) is 29.8 Å². The molecule has 0 unspecified atom stereocenters. The van der Waals surface area contributed by atoms with Crippen molar-refractivity contribution in [2.75, 3.05) is 37.4 Å². The Morgan fingerprint density at radius 3 is 2.29 bits per heavy atom. The van der Waals surface area contributed by atoms with Crippen LogP contribution in [-0.2, 0) is 16.2 Å².